The van der Waals surface area contributed by atoms with E-state index in [9.17, 15) is 18.0 Å². The molecule has 1 aromatic carbocycles. The highest BCUT2D eigenvalue weighted by atomic mass is 19.4. The zero-order chi connectivity index (χ0) is 14.3. The smallest absolute Gasteiger partial charge is 0.338 e. The molecule has 2 N–H and O–H groups in total. The summed E-state index contributed by atoms with van der Waals surface area (Å²) in [5.74, 6) is 0.399. The number of nitrogens with one attached hydrogen (secondary N) is 2. The molecular formula is C13H8F3N3O. The van der Waals surface area contributed by atoms with Crippen molar-refractivity contribution in [2.45, 2.75) is 6.18 Å². The lowest BCUT2D eigenvalue weighted by molar-refractivity contribution is -0.137. The third kappa shape index (κ3) is 2.18. The van der Waals surface area contributed by atoms with Crippen molar-refractivity contribution in [3.8, 4) is 11.4 Å². The number of hydrogen-bond acceptors (Lipinski definition) is 2. The quantitative estimate of drug-likeness (QED) is 0.719. The van der Waals surface area contributed by atoms with Crippen molar-refractivity contribution in [3.63, 3.8) is 0 Å². The molecule has 102 valence electrons. The summed E-state index contributed by atoms with van der Waals surface area (Å²) in [6, 6.07) is 6.17. The van der Waals surface area contributed by atoms with E-state index in [0.717, 1.165) is 12.1 Å². The second-order valence-corrected chi connectivity index (χ2v) is 4.26. The molecule has 0 aliphatic carbocycles. The van der Waals surface area contributed by atoms with E-state index >= 15 is 0 Å². The number of alkyl halides is 3. The molecule has 20 heavy (non-hydrogen) atoms. The Morgan fingerprint density at radius 2 is 1.90 bits per heavy atom. The van der Waals surface area contributed by atoms with Crippen molar-refractivity contribution < 1.29 is 13.2 Å². The maximum absolute atomic E-state index is 12.6. The summed E-state index contributed by atoms with van der Waals surface area (Å²) in [7, 11) is 0. The number of nitrogens with zero attached hydrogens (tertiary/aromatic N) is 1. The van der Waals surface area contributed by atoms with Gasteiger partial charge in [-0.3, -0.25) is 4.79 Å². The molecule has 0 aliphatic rings. The predicted molar refractivity (Wildman–Crippen MR) is 67.2 cm³/mol. The number of imidazole rings is 1. The Morgan fingerprint density at radius 1 is 1.10 bits per heavy atom. The largest absolute Gasteiger partial charge is 0.416 e. The van der Waals surface area contributed by atoms with E-state index < -0.39 is 11.7 Å². The highest BCUT2D eigenvalue weighted by Crippen LogP contribution is 2.31. The van der Waals surface area contributed by atoms with Crippen molar-refractivity contribution in [1.29, 1.82) is 0 Å². The molecule has 3 aromatic rings. The van der Waals surface area contributed by atoms with Gasteiger partial charge >= 0.3 is 6.18 Å². The highest BCUT2D eigenvalue weighted by Gasteiger charge is 2.30. The second kappa shape index (κ2) is 4.22. The van der Waals surface area contributed by atoms with Gasteiger partial charge in [-0.05, 0) is 24.3 Å². The van der Waals surface area contributed by atoms with Gasteiger partial charge in [-0.2, -0.15) is 13.2 Å². The Hall–Kier alpha value is -2.57. The molecule has 0 unspecified atom stereocenters. The lowest BCUT2D eigenvalue weighted by Gasteiger charge is -2.05. The number of H-pyrrole nitrogens is 2. The third-order valence-electron chi connectivity index (χ3n) is 2.87. The number of rotatable bonds is 1. The molecule has 7 heteroatoms. The van der Waals surface area contributed by atoms with E-state index in [1.165, 1.54) is 18.3 Å². The van der Waals surface area contributed by atoms with Crippen LogP contribution < -0.4 is 5.56 Å². The van der Waals surface area contributed by atoms with Crippen LogP contribution in [0.15, 0.2) is 41.3 Å². The van der Waals surface area contributed by atoms with Crippen LogP contribution in [0.5, 0.6) is 0 Å². The molecule has 0 spiro atoms. The Bertz CT molecular complexity index is 812. The number of fused-ring (bicyclic) bond motifs is 1. The van der Waals surface area contributed by atoms with E-state index in [1.54, 1.807) is 6.07 Å². The molecule has 0 radical (unpaired) electrons. The Labute approximate surface area is 110 Å². The van der Waals surface area contributed by atoms with Gasteiger partial charge in [0.15, 0.2) is 0 Å². The number of pyridine rings is 1. The van der Waals surface area contributed by atoms with Crippen LogP contribution >= 0.6 is 0 Å². The first-order valence-corrected chi connectivity index (χ1v) is 5.69. The molecule has 0 atom stereocenters. The molecular weight excluding hydrogens is 271 g/mol. The van der Waals surface area contributed by atoms with Crippen LogP contribution in [-0.4, -0.2) is 15.0 Å². The summed E-state index contributed by atoms with van der Waals surface area (Å²) in [6.45, 7) is 0. The van der Waals surface area contributed by atoms with Gasteiger partial charge in [-0.25, -0.2) is 4.98 Å². The summed E-state index contributed by atoms with van der Waals surface area (Å²) >= 11 is 0. The van der Waals surface area contributed by atoms with Crippen molar-refractivity contribution in [1.82, 2.24) is 15.0 Å². The van der Waals surface area contributed by atoms with Crippen molar-refractivity contribution in [2.75, 3.05) is 0 Å². The first-order valence-electron chi connectivity index (χ1n) is 5.69. The van der Waals surface area contributed by atoms with E-state index in [0.29, 0.717) is 22.4 Å². The molecule has 0 saturated heterocycles. The minimum absolute atomic E-state index is 0.260. The molecule has 3 rings (SSSR count). The predicted octanol–water partition coefficient (Wildman–Crippen LogP) is 2.94. The van der Waals surface area contributed by atoms with Crippen LogP contribution in [-0.2, 0) is 6.18 Å². The first-order chi connectivity index (χ1) is 9.43. The normalized spacial score (nSPS) is 11.9. The Kier molecular flexibility index (Phi) is 2.63. The van der Waals surface area contributed by atoms with Gasteiger partial charge in [0.1, 0.15) is 5.82 Å². The van der Waals surface area contributed by atoms with Crippen molar-refractivity contribution in [2.24, 2.45) is 0 Å². The molecule has 0 bridgehead atoms. The van der Waals surface area contributed by atoms with Crippen molar-refractivity contribution in [3.05, 3.63) is 52.4 Å². The molecule has 0 amide bonds. The van der Waals surface area contributed by atoms with Crippen LogP contribution in [0, 0.1) is 0 Å². The summed E-state index contributed by atoms with van der Waals surface area (Å²) in [5.41, 5.74) is 0.320. The average molecular weight is 279 g/mol. The lowest BCUT2D eigenvalue weighted by Crippen LogP contribution is -2.04. The molecule has 0 fully saturated rings. The fourth-order valence-corrected chi connectivity index (χ4v) is 1.88. The van der Waals surface area contributed by atoms with Crippen molar-refractivity contribution >= 4 is 11.0 Å². The summed E-state index contributed by atoms with van der Waals surface area (Å²) < 4.78 is 37.8. The fourth-order valence-electron chi connectivity index (χ4n) is 1.88. The highest BCUT2D eigenvalue weighted by molar-refractivity contribution is 5.80. The second-order valence-electron chi connectivity index (χ2n) is 4.26. The fraction of sp³-hybridized carbons (Fsp3) is 0.0769. The number of benzene rings is 1. The van der Waals surface area contributed by atoms with Gasteiger partial charge in [0, 0.05) is 17.8 Å². The standard InChI is InChI=1S/C13H8F3N3O/c14-13(15,16)8-2-3-9-10(5-8)19-12(18-9)7-1-4-11(20)17-6-7/h1-6H,(H,17,20)(H,18,19). The van der Waals surface area contributed by atoms with Gasteiger partial charge < -0.3 is 9.97 Å². The zero-order valence-corrected chi connectivity index (χ0v) is 9.95. The van der Waals surface area contributed by atoms with Gasteiger partial charge in [-0.1, -0.05) is 0 Å². The number of halogens is 3. The Morgan fingerprint density at radius 3 is 2.55 bits per heavy atom. The Balaban J connectivity index is 2.11. The monoisotopic (exact) mass is 279 g/mol. The van der Waals surface area contributed by atoms with E-state index in [2.05, 4.69) is 15.0 Å². The molecule has 2 aromatic heterocycles. The van der Waals surface area contributed by atoms with Crippen LogP contribution in [0.2, 0.25) is 0 Å². The van der Waals surface area contributed by atoms with Gasteiger partial charge in [0.25, 0.3) is 0 Å². The topological polar surface area (TPSA) is 61.5 Å². The molecule has 0 saturated carbocycles. The van der Waals surface area contributed by atoms with Crippen LogP contribution in [0.25, 0.3) is 22.4 Å². The summed E-state index contributed by atoms with van der Waals surface area (Å²) in [6.07, 6.45) is -2.94. The minimum atomic E-state index is -4.39. The zero-order valence-electron chi connectivity index (χ0n) is 9.95. The third-order valence-corrected chi connectivity index (χ3v) is 2.87. The number of hydrogen-bond donors (Lipinski definition) is 2. The maximum atomic E-state index is 12.6. The average Bonchev–Trinajstić information content (AvgIpc) is 2.81. The van der Waals surface area contributed by atoms with E-state index in [1.807, 2.05) is 0 Å². The number of aromatic nitrogens is 3. The number of aromatic amines is 2. The maximum Gasteiger partial charge on any atom is 0.416 e. The SMILES string of the molecule is O=c1ccc(-c2nc3ccc(C(F)(F)F)cc3[nH]2)c[nH]1. The molecule has 0 aliphatic heterocycles. The molecule has 2 heterocycles. The van der Waals surface area contributed by atoms with E-state index in [-0.39, 0.29) is 5.56 Å². The summed E-state index contributed by atoms with van der Waals surface area (Å²) in [5, 5.41) is 0. The van der Waals surface area contributed by atoms with Gasteiger partial charge in [0.2, 0.25) is 5.56 Å². The lowest BCUT2D eigenvalue weighted by atomic mass is 10.2. The first kappa shape index (κ1) is 12.5. The van der Waals surface area contributed by atoms with Crippen LogP contribution in [0.4, 0.5) is 13.2 Å². The minimum Gasteiger partial charge on any atom is -0.338 e. The van der Waals surface area contributed by atoms with Gasteiger partial charge in [0.05, 0.1) is 16.6 Å². The summed E-state index contributed by atoms with van der Waals surface area (Å²) in [4.78, 5) is 20.5. The van der Waals surface area contributed by atoms with Gasteiger partial charge in [-0.15, -0.1) is 0 Å². The molecule has 4 nitrogen and oxygen atoms in total. The van der Waals surface area contributed by atoms with Crippen LogP contribution in [0.3, 0.4) is 0 Å². The van der Waals surface area contributed by atoms with E-state index in [4.69, 9.17) is 0 Å². The van der Waals surface area contributed by atoms with Crippen LogP contribution in [0.1, 0.15) is 5.56 Å².